The Kier molecular flexibility index (Phi) is 3.92. The zero-order valence-electron chi connectivity index (χ0n) is 11.4. The van der Waals surface area contributed by atoms with Gasteiger partial charge in [-0.2, -0.15) is 0 Å². The molecule has 106 valence electrons. The van der Waals surface area contributed by atoms with E-state index in [0.717, 1.165) is 10.1 Å². The van der Waals surface area contributed by atoms with Crippen LogP contribution in [0, 0.1) is 5.92 Å². The fourth-order valence-electron chi connectivity index (χ4n) is 2.23. The standard InChI is InChI=1S/C15H17NO3S/c1-9(2)8-15(16,14(18)19)13(17)12-7-10-5-3-4-6-11(10)20-12/h3-7,9H,8,16H2,1-2H3,(H,18,19)/t15-/m1/s1. The van der Waals surface area contributed by atoms with Gasteiger partial charge in [-0.3, -0.25) is 4.79 Å². The normalized spacial score (nSPS) is 14.4. The van der Waals surface area contributed by atoms with Crippen molar-refractivity contribution in [2.45, 2.75) is 25.8 Å². The van der Waals surface area contributed by atoms with Crippen LogP contribution in [0.3, 0.4) is 0 Å². The number of carboxylic acids is 1. The van der Waals surface area contributed by atoms with Crippen LogP contribution in [0.4, 0.5) is 0 Å². The van der Waals surface area contributed by atoms with Crippen molar-refractivity contribution in [3.8, 4) is 0 Å². The summed E-state index contributed by atoms with van der Waals surface area (Å²) < 4.78 is 0.952. The smallest absolute Gasteiger partial charge is 0.331 e. The summed E-state index contributed by atoms with van der Waals surface area (Å²) in [5, 5.41) is 10.3. The Bertz CT molecular complexity index is 629. The maximum Gasteiger partial charge on any atom is 0.331 e. The first-order valence-electron chi connectivity index (χ1n) is 6.40. The highest BCUT2D eigenvalue weighted by molar-refractivity contribution is 7.21. The number of thiophene rings is 1. The average Bonchev–Trinajstić information content (AvgIpc) is 2.80. The zero-order valence-corrected chi connectivity index (χ0v) is 12.2. The summed E-state index contributed by atoms with van der Waals surface area (Å²) in [5.41, 5.74) is 4.04. The van der Waals surface area contributed by atoms with Crippen molar-refractivity contribution in [2.75, 3.05) is 0 Å². The molecule has 3 N–H and O–H groups in total. The van der Waals surface area contributed by atoms with Crippen molar-refractivity contribution in [3.63, 3.8) is 0 Å². The number of carboxylic acid groups (broad SMARTS) is 1. The molecule has 0 aliphatic carbocycles. The highest BCUT2D eigenvalue weighted by atomic mass is 32.1. The quantitative estimate of drug-likeness (QED) is 0.655. The van der Waals surface area contributed by atoms with E-state index in [-0.39, 0.29) is 12.3 Å². The molecule has 0 spiro atoms. The Morgan fingerprint density at radius 1 is 1.35 bits per heavy atom. The van der Waals surface area contributed by atoms with Gasteiger partial charge in [-0.15, -0.1) is 11.3 Å². The molecule has 1 heterocycles. The number of carbonyl (C=O) groups excluding carboxylic acids is 1. The first-order chi connectivity index (χ1) is 9.34. The number of benzene rings is 1. The topological polar surface area (TPSA) is 80.4 Å². The number of ketones is 1. The van der Waals surface area contributed by atoms with Crippen LogP contribution < -0.4 is 5.73 Å². The number of aliphatic carboxylic acids is 1. The zero-order chi connectivity index (χ0) is 14.9. The van der Waals surface area contributed by atoms with E-state index in [2.05, 4.69) is 0 Å². The second kappa shape index (κ2) is 5.34. The minimum atomic E-state index is -1.85. The van der Waals surface area contributed by atoms with Crippen molar-refractivity contribution in [3.05, 3.63) is 35.2 Å². The molecule has 20 heavy (non-hydrogen) atoms. The maximum absolute atomic E-state index is 12.5. The van der Waals surface area contributed by atoms with Gasteiger partial charge in [0.15, 0.2) is 5.54 Å². The molecule has 4 nitrogen and oxygen atoms in total. The van der Waals surface area contributed by atoms with Crippen molar-refractivity contribution in [2.24, 2.45) is 11.7 Å². The van der Waals surface area contributed by atoms with E-state index in [1.165, 1.54) is 11.3 Å². The van der Waals surface area contributed by atoms with Gasteiger partial charge in [-0.25, -0.2) is 4.79 Å². The summed E-state index contributed by atoms with van der Waals surface area (Å²) >= 11 is 1.28. The lowest BCUT2D eigenvalue weighted by atomic mass is 9.85. The van der Waals surface area contributed by atoms with Crippen LogP contribution in [0.15, 0.2) is 30.3 Å². The molecule has 0 amide bonds. The van der Waals surface area contributed by atoms with Gasteiger partial charge in [0, 0.05) is 4.70 Å². The molecule has 0 saturated carbocycles. The van der Waals surface area contributed by atoms with Crippen molar-refractivity contribution in [1.29, 1.82) is 0 Å². The summed E-state index contributed by atoms with van der Waals surface area (Å²) in [6, 6.07) is 9.27. The Morgan fingerprint density at radius 2 is 2.00 bits per heavy atom. The van der Waals surface area contributed by atoms with Crippen LogP contribution in [0.2, 0.25) is 0 Å². The van der Waals surface area contributed by atoms with Crippen LogP contribution in [-0.4, -0.2) is 22.4 Å². The van der Waals surface area contributed by atoms with E-state index in [4.69, 9.17) is 5.73 Å². The van der Waals surface area contributed by atoms with Gasteiger partial charge in [-0.05, 0) is 29.9 Å². The van der Waals surface area contributed by atoms with E-state index in [1.807, 2.05) is 38.1 Å². The lowest BCUT2D eigenvalue weighted by Gasteiger charge is -2.24. The maximum atomic E-state index is 12.5. The largest absolute Gasteiger partial charge is 0.480 e. The fourth-order valence-corrected chi connectivity index (χ4v) is 3.32. The molecular weight excluding hydrogens is 274 g/mol. The summed E-state index contributed by atoms with van der Waals surface area (Å²) in [6.45, 7) is 3.70. The Labute approximate surface area is 121 Å². The van der Waals surface area contributed by atoms with E-state index < -0.39 is 17.3 Å². The van der Waals surface area contributed by atoms with Gasteiger partial charge < -0.3 is 10.8 Å². The second-order valence-electron chi connectivity index (χ2n) is 5.35. The summed E-state index contributed by atoms with van der Waals surface area (Å²) in [6.07, 6.45) is 0.120. The molecule has 0 aliphatic rings. The summed E-state index contributed by atoms with van der Waals surface area (Å²) in [4.78, 5) is 24.4. The van der Waals surface area contributed by atoms with Gasteiger partial charge >= 0.3 is 5.97 Å². The second-order valence-corrected chi connectivity index (χ2v) is 6.44. The lowest BCUT2D eigenvalue weighted by molar-refractivity contribution is -0.141. The third-order valence-corrected chi connectivity index (χ3v) is 4.28. The number of fused-ring (bicyclic) bond motifs is 1. The molecule has 0 saturated heterocycles. The van der Waals surface area contributed by atoms with Gasteiger partial charge in [0.2, 0.25) is 5.78 Å². The van der Waals surface area contributed by atoms with Crippen LogP contribution in [0.25, 0.3) is 10.1 Å². The third kappa shape index (κ3) is 2.59. The van der Waals surface area contributed by atoms with Gasteiger partial charge in [0.25, 0.3) is 0 Å². The number of carbonyl (C=O) groups is 2. The molecule has 2 aromatic rings. The van der Waals surface area contributed by atoms with Crippen LogP contribution in [0.5, 0.6) is 0 Å². The SMILES string of the molecule is CC(C)C[C@](N)(C(=O)O)C(=O)c1cc2ccccc2s1. The number of Topliss-reactive ketones (excluding diaryl/α,β-unsaturated/α-hetero) is 1. The van der Waals surface area contributed by atoms with Gasteiger partial charge in [0.05, 0.1) is 4.88 Å². The Balaban J connectivity index is 2.43. The minimum Gasteiger partial charge on any atom is -0.480 e. The van der Waals surface area contributed by atoms with Crippen LogP contribution in [0.1, 0.15) is 29.9 Å². The molecule has 2 rings (SSSR count). The summed E-state index contributed by atoms with van der Waals surface area (Å²) in [7, 11) is 0. The number of rotatable bonds is 5. The molecule has 1 aromatic heterocycles. The number of hydrogen-bond donors (Lipinski definition) is 2. The monoisotopic (exact) mass is 291 g/mol. The highest BCUT2D eigenvalue weighted by Gasteiger charge is 2.43. The number of hydrogen-bond acceptors (Lipinski definition) is 4. The molecule has 0 aliphatic heterocycles. The van der Waals surface area contributed by atoms with Crippen molar-refractivity contribution in [1.82, 2.24) is 0 Å². The lowest BCUT2D eigenvalue weighted by Crippen LogP contribution is -2.55. The van der Waals surface area contributed by atoms with E-state index in [9.17, 15) is 14.7 Å². The molecule has 0 unspecified atom stereocenters. The van der Waals surface area contributed by atoms with E-state index >= 15 is 0 Å². The van der Waals surface area contributed by atoms with Crippen molar-refractivity contribution >= 4 is 33.2 Å². The van der Waals surface area contributed by atoms with Gasteiger partial charge in [-0.1, -0.05) is 32.0 Å². The third-order valence-electron chi connectivity index (χ3n) is 3.17. The van der Waals surface area contributed by atoms with Crippen LogP contribution in [-0.2, 0) is 4.79 Å². The Hall–Kier alpha value is -1.72. The van der Waals surface area contributed by atoms with E-state index in [1.54, 1.807) is 6.07 Å². The fraction of sp³-hybridized carbons (Fsp3) is 0.333. The molecule has 1 aromatic carbocycles. The Morgan fingerprint density at radius 3 is 2.55 bits per heavy atom. The predicted octanol–water partition coefficient (Wildman–Crippen LogP) is 2.91. The molecule has 0 radical (unpaired) electrons. The van der Waals surface area contributed by atoms with Crippen molar-refractivity contribution < 1.29 is 14.7 Å². The van der Waals surface area contributed by atoms with E-state index in [0.29, 0.717) is 4.88 Å². The first kappa shape index (κ1) is 14.7. The molecular formula is C15H17NO3S. The summed E-state index contributed by atoms with van der Waals surface area (Å²) in [5.74, 6) is -1.76. The predicted molar refractivity (Wildman–Crippen MR) is 80.2 cm³/mol. The molecule has 0 bridgehead atoms. The molecule has 0 fully saturated rings. The average molecular weight is 291 g/mol. The first-order valence-corrected chi connectivity index (χ1v) is 7.22. The van der Waals surface area contributed by atoms with Crippen LogP contribution >= 0.6 is 11.3 Å². The van der Waals surface area contributed by atoms with Gasteiger partial charge in [0.1, 0.15) is 0 Å². The molecule has 5 heteroatoms. The number of nitrogens with two attached hydrogens (primary N) is 1. The molecule has 1 atom stereocenters. The minimum absolute atomic E-state index is 0.0226. The highest BCUT2D eigenvalue weighted by Crippen LogP contribution is 2.29.